The molecule has 2 heterocycles. The highest BCUT2D eigenvalue weighted by Crippen LogP contribution is 2.27. The number of sulfonamides is 1. The quantitative estimate of drug-likeness (QED) is 0.884. The Balaban J connectivity index is 2.34. The summed E-state index contributed by atoms with van der Waals surface area (Å²) in [6.45, 7) is 0.369. The van der Waals surface area contributed by atoms with Crippen LogP contribution in [0.25, 0.3) is 0 Å². The molecule has 0 radical (unpaired) electrons. The van der Waals surface area contributed by atoms with Gasteiger partial charge in [0.25, 0.3) is 10.0 Å². The van der Waals surface area contributed by atoms with Gasteiger partial charge in [0.2, 0.25) is 5.91 Å². The third kappa shape index (κ3) is 2.36. The fraction of sp³-hybridized carbons (Fsp3) is 0.500. The number of amides is 1. The van der Waals surface area contributed by atoms with Gasteiger partial charge in [0.05, 0.1) is 0 Å². The van der Waals surface area contributed by atoms with Gasteiger partial charge in [-0.25, -0.2) is 8.42 Å². The van der Waals surface area contributed by atoms with Crippen molar-refractivity contribution in [2.75, 3.05) is 6.54 Å². The number of nitrogens with two attached hydrogens (primary N) is 1. The van der Waals surface area contributed by atoms with Gasteiger partial charge in [-0.05, 0) is 24.3 Å². The Morgan fingerprint density at radius 2 is 2.24 bits per heavy atom. The molecule has 0 saturated carbocycles. The van der Waals surface area contributed by atoms with Crippen molar-refractivity contribution in [3.05, 3.63) is 17.5 Å². The van der Waals surface area contributed by atoms with E-state index in [9.17, 15) is 13.2 Å². The monoisotopic (exact) mass is 274 g/mol. The molecule has 94 valence electrons. The van der Waals surface area contributed by atoms with E-state index in [0.717, 1.165) is 24.2 Å². The molecule has 1 aromatic rings. The van der Waals surface area contributed by atoms with E-state index in [0.29, 0.717) is 13.0 Å². The van der Waals surface area contributed by atoms with Gasteiger partial charge in [-0.2, -0.15) is 4.31 Å². The first-order chi connectivity index (χ1) is 8.03. The Labute approximate surface area is 104 Å². The van der Waals surface area contributed by atoms with E-state index in [4.69, 9.17) is 5.73 Å². The minimum absolute atomic E-state index is 0.269. The van der Waals surface area contributed by atoms with Crippen LogP contribution in [-0.2, 0) is 14.8 Å². The average Bonchev–Trinajstić information content (AvgIpc) is 2.83. The van der Waals surface area contributed by atoms with Crippen LogP contribution in [0.15, 0.2) is 21.7 Å². The number of hydrogen-bond acceptors (Lipinski definition) is 4. The molecule has 0 aromatic carbocycles. The van der Waals surface area contributed by atoms with Crippen LogP contribution in [0.2, 0.25) is 0 Å². The van der Waals surface area contributed by atoms with Crippen LogP contribution in [0.5, 0.6) is 0 Å². The van der Waals surface area contributed by atoms with Gasteiger partial charge in [-0.3, -0.25) is 4.79 Å². The lowest BCUT2D eigenvalue weighted by molar-refractivity contribution is -0.122. The second kappa shape index (κ2) is 4.75. The first-order valence-corrected chi connectivity index (χ1v) is 7.70. The standard InChI is InChI=1S/C10H14N2O3S2/c11-10(13)8-4-1-2-6-12(8)17(14,15)9-5-3-7-16-9/h3,5,7-8H,1-2,4,6H2,(H2,11,13)/t8-/m0/s1. The van der Waals surface area contributed by atoms with E-state index in [1.54, 1.807) is 17.5 Å². The van der Waals surface area contributed by atoms with Gasteiger partial charge in [0.1, 0.15) is 10.3 Å². The van der Waals surface area contributed by atoms with E-state index >= 15 is 0 Å². The number of carbonyl (C=O) groups excluding carboxylic acids is 1. The Kier molecular flexibility index (Phi) is 3.50. The molecule has 17 heavy (non-hydrogen) atoms. The Hall–Kier alpha value is -0.920. The molecule has 1 saturated heterocycles. The summed E-state index contributed by atoms with van der Waals surface area (Å²) < 4.78 is 26.1. The maximum absolute atomic E-state index is 12.3. The highest BCUT2D eigenvalue weighted by atomic mass is 32.2. The van der Waals surface area contributed by atoms with Crippen LogP contribution in [0.3, 0.4) is 0 Å². The van der Waals surface area contributed by atoms with Crippen LogP contribution >= 0.6 is 11.3 Å². The van der Waals surface area contributed by atoms with Crippen molar-refractivity contribution in [2.45, 2.75) is 29.5 Å². The lowest BCUT2D eigenvalue weighted by atomic mass is 10.0. The second-order valence-corrected chi connectivity index (χ2v) is 7.03. The van der Waals surface area contributed by atoms with Crippen molar-refractivity contribution in [3.63, 3.8) is 0 Å². The molecule has 1 aliphatic heterocycles. The molecule has 0 spiro atoms. The van der Waals surface area contributed by atoms with Crippen LogP contribution in [0.1, 0.15) is 19.3 Å². The third-order valence-corrected chi connectivity index (χ3v) is 6.12. The maximum atomic E-state index is 12.3. The zero-order valence-corrected chi connectivity index (χ0v) is 10.8. The van der Waals surface area contributed by atoms with E-state index in [-0.39, 0.29) is 4.21 Å². The van der Waals surface area contributed by atoms with Gasteiger partial charge in [0.15, 0.2) is 0 Å². The molecule has 1 amide bonds. The molecule has 2 rings (SSSR count). The molecule has 0 aliphatic carbocycles. The molecular weight excluding hydrogens is 260 g/mol. The number of thiophene rings is 1. The summed E-state index contributed by atoms with van der Waals surface area (Å²) in [7, 11) is -3.56. The summed E-state index contributed by atoms with van der Waals surface area (Å²) >= 11 is 1.16. The predicted octanol–water partition coefficient (Wildman–Crippen LogP) is 0.777. The van der Waals surface area contributed by atoms with Gasteiger partial charge in [0, 0.05) is 6.54 Å². The Morgan fingerprint density at radius 1 is 1.47 bits per heavy atom. The number of nitrogens with zero attached hydrogens (tertiary/aromatic N) is 1. The van der Waals surface area contributed by atoms with Crippen molar-refractivity contribution >= 4 is 27.3 Å². The van der Waals surface area contributed by atoms with Crippen LogP contribution in [0, 0.1) is 0 Å². The fourth-order valence-electron chi connectivity index (χ4n) is 2.00. The molecule has 1 atom stereocenters. The number of hydrogen-bond donors (Lipinski definition) is 1. The predicted molar refractivity (Wildman–Crippen MR) is 65.0 cm³/mol. The Bertz CT molecular complexity index is 496. The minimum atomic E-state index is -3.56. The van der Waals surface area contributed by atoms with E-state index in [2.05, 4.69) is 0 Å². The van der Waals surface area contributed by atoms with E-state index in [1.165, 1.54) is 4.31 Å². The van der Waals surface area contributed by atoms with Crippen molar-refractivity contribution < 1.29 is 13.2 Å². The summed E-state index contributed by atoms with van der Waals surface area (Å²) in [5.74, 6) is -0.565. The van der Waals surface area contributed by atoms with Gasteiger partial charge in [-0.1, -0.05) is 12.5 Å². The lowest BCUT2D eigenvalue weighted by Crippen LogP contribution is -2.50. The topological polar surface area (TPSA) is 80.5 Å². The van der Waals surface area contributed by atoms with Crippen molar-refractivity contribution in [3.8, 4) is 0 Å². The summed E-state index contributed by atoms with van der Waals surface area (Å²) in [5.41, 5.74) is 5.27. The molecular formula is C10H14N2O3S2. The number of piperidine rings is 1. The van der Waals surface area contributed by atoms with Gasteiger partial charge in [-0.15, -0.1) is 11.3 Å². The summed E-state index contributed by atoms with van der Waals surface area (Å²) in [6.07, 6.45) is 2.12. The average molecular weight is 274 g/mol. The summed E-state index contributed by atoms with van der Waals surface area (Å²) in [4.78, 5) is 11.3. The normalized spacial score (nSPS) is 22.5. The molecule has 0 bridgehead atoms. The summed E-state index contributed by atoms with van der Waals surface area (Å²) in [5, 5.41) is 1.70. The first kappa shape index (κ1) is 12.5. The molecule has 1 fully saturated rings. The van der Waals surface area contributed by atoms with Crippen LogP contribution in [0.4, 0.5) is 0 Å². The van der Waals surface area contributed by atoms with Crippen molar-refractivity contribution in [1.82, 2.24) is 4.31 Å². The zero-order chi connectivity index (χ0) is 12.5. The Morgan fingerprint density at radius 3 is 2.82 bits per heavy atom. The highest BCUT2D eigenvalue weighted by Gasteiger charge is 2.36. The molecule has 0 unspecified atom stereocenters. The lowest BCUT2D eigenvalue weighted by Gasteiger charge is -2.32. The molecule has 7 heteroatoms. The summed E-state index contributed by atoms with van der Waals surface area (Å²) in [6, 6.07) is 2.53. The van der Waals surface area contributed by atoms with Crippen molar-refractivity contribution in [1.29, 1.82) is 0 Å². The smallest absolute Gasteiger partial charge is 0.253 e. The van der Waals surface area contributed by atoms with E-state index in [1.807, 2.05) is 0 Å². The van der Waals surface area contributed by atoms with E-state index < -0.39 is 22.0 Å². The first-order valence-electron chi connectivity index (χ1n) is 5.38. The minimum Gasteiger partial charge on any atom is -0.368 e. The van der Waals surface area contributed by atoms with Crippen LogP contribution in [-0.4, -0.2) is 31.2 Å². The molecule has 5 nitrogen and oxygen atoms in total. The molecule has 1 aliphatic rings. The molecule has 2 N–H and O–H groups in total. The van der Waals surface area contributed by atoms with Crippen LogP contribution < -0.4 is 5.73 Å². The number of carbonyl (C=O) groups is 1. The SMILES string of the molecule is NC(=O)[C@@H]1CCCCN1S(=O)(=O)c1cccs1. The molecule has 1 aromatic heterocycles. The zero-order valence-electron chi connectivity index (χ0n) is 9.20. The largest absolute Gasteiger partial charge is 0.368 e. The van der Waals surface area contributed by atoms with Gasteiger partial charge < -0.3 is 5.73 Å². The second-order valence-electron chi connectivity index (χ2n) is 3.96. The fourth-order valence-corrected chi connectivity index (χ4v) is 4.79. The number of rotatable bonds is 3. The third-order valence-electron chi connectivity index (χ3n) is 2.84. The maximum Gasteiger partial charge on any atom is 0.253 e. The number of primary amides is 1. The van der Waals surface area contributed by atoms with Crippen molar-refractivity contribution in [2.24, 2.45) is 5.73 Å². The van der Waals surface area contributed by atoms with Gasteiger partial charge >= 0.3 is 0 Å². The highest BCUT2D eigenvalue weighted by molar-refractivity contribution is 7.91.